The molecule has 1 aromatic rings. The molecule has 0 radical (unpaired) electrons. The molecule has 0 bridgehead atoms. The van der Waals surface area contributed by atoms with Gasteiger partial charge in [-0.1, -0.05) is 19.1 Å². The Balaban J connectivity index is 2.29. The maximum absolute atomic E-state index is 13.0. The summed E-state index contributed by atoms with van der Waals surface area (Å²) in [7, 11) is 0. The third-order valence-electron chi connectivity index (χ3n) is 2.72. The van der Waals surface area contributed by atoms with E-state index in [1.165, 1.54) is 12.1 Å². The minimum Gasteiger partial charge on any atom is -0.356 e. The smallest absolute Gasteiger partial charge is 0.221 e. The van der Waals surface area contributed by atoms with Crippen LogP contribution in [-0.2, 0) is 4.79 Å². The van der Waals surface area contributed by atoms with Crippen molar-refractivity contribution < 1.29 is 9.18 Å². The summed E-state index contributed by atoms with van der Waals surface area (Å²) >= 11 is 0. The van der Waals surface area contributed by atoms with Crippen molar-refractivity contribution >= 4 is 5.91 Å². The summed E-state index contributed by atoms with van der Waals surface area (Å²) in [5.74, 6) is -0.183. The highest BCUT2D eigenvalue weighted by molar-refractivity contribution is 5.75. The second kappa shape index (κ2) is 7.82. The largest absolute Gasteiger partial charge is 0.356 e. The molecule has 0 spiro atoms. The fourth-order valence-corrected chi connectivity index (χ4v) is 1.65. The fraction of sp³-hybridized carbons (Fsp3) is 0.500. The Bertz CT molecular complexity index is 382. The molecule has 4 heteroatoms. The van der Waals surface area contributed by atoms with Crippen molar-refractivity contribution in [1.82, 2.24) is 10.6 Å². The third-order valence-corrected chi connectivity index (χ3v) is 2.72. The topological polar surface area (TPSA) is 41.1 Å². The van der Waals surface area contributed by atoms with E-state index in [0.717, 1.165) is 18.5 Å². The average molecular weight is 252 g/mol. The van der Waals surface area contributed by atoms with Crippen molar-refractivity contribution in [3.8, 4) is 0 Å². The lowest BCUT2D eigenvalue weighted by Gasteiger charge is -2.14. The van der Waals surface area contributed by atoms with Gasteiger partial charge in [-0.05, 0) is 31.0 Å². The van der Waals surface area contributed by atoms with Crippen molar-refractivity contribution in [1.29, 1.82) is 0 Å². The Hall–Kier alpha value is -1.42. The van der Waals surface area contributed by atoms with E-state index >= 15 is 0 Å². The van der Waals surface area contributed by atoms with Gasteiger partial charge in [0.2, 0.25) is 5.91 Å². The Kier molecular flexibility index (Phi) is 6.36. The van der Waals surface area contributed by atoms with E-state index in [2.05, 4.69) is 10.6 Å². The monoisotopic (exact) mass is 252 g/mol. The SMILES string of the molecule is CCCNC(=O)CCNC(C)c1cccc(F)c1. The highest BCUT2D eigenvalue weighted by Crippen LogP contribution is 2.12. The first-order chi connectivity index (χ1) is 8.63. The summed E-state index contributed by atoms with van der Waals surface area (Å²) < 4.78 is 13.0. The van der Waals surface area contributed by atoms with E-state index in [-0.39, 0.29) is 17.8 Å². The predicted molar refractivity (Wildman–Crippen MR) is 70.7 cm³/mol. The van der Waals surface area contributed by atoms with Crippen molar-refractivity contribution in [2.75, 3.05) is 13.1 Å². The number of carbonyl (C=O) groups excluding carboxylic acids is 1. The zero-order valence-corrected chi connectivity index (χ0v) is 11.0. The maximum Gasteiger partial charge on any atom is 0.221 e. The quantitative estimate of drug-likeness (QED) is 0.782. The molecular formula is C14H21FN2O. The minimum absolute atomic E-state index is 0.0414. The lowest BCUT2D eigenvalue weighted by molar-refractivity contribution is -0.121. The van der Waals surface area contributed by atoms with E-state index in [1.54, 1.807) is 6.07 Å². The van der Waals surface area contributed by atoms with Gasteiger partial charge in [-0.15, -0.1) is 0 Å². The van der Waals surface area contributed by atoms with Gasteiger partial charge < -0.3 is 10.6 Å². The molecule has 0 saturated heterocycles. The van der Waals surface area contributed by atoms with Crippen molar-refractivity contribution in [3.63, 3.8) is 0 Å². The van der Waals surface area contributed by atoms with Crippen LogP contribution in [0.1, 0.15) is 38.3 Å². The third kappa shape index (κ3) is 5.27. The number of hydrogen-bond acceptors (Lipinski definition) is 2. The first-order valence-electron chi connectivity index (χ1n) is 6.39. The molecule has 0 aliphatic rings. The van der Waals surface area contributed by atoms with E-state index in [4.69, 9.17) is 0 Å². The highest BCUT2D eigenvalue weighted by atomic mass is 19.1. The molecule has 100 valence electrons. The Morgan fingerprint density at radius 2 is 2.17 bits per heavy atom. The van der Waals surface area contributed by atoms with Crippen LogP contribution >= 0.6 is 0 Å². The number of amides is 1. The Morgan fingerprint density at radius 1 is 1.39 bits per heavy atom. The van der Waals surface area contributed by atoms with Crippen molar-refractivity contribution in [2.45, 2.75) is 32.7 Å². The van der Waals surface area contributed by atoms with E-state index < -0.39 is 0 Å². The second-order valence-corrected chi connectivity index (χ2v) is 4.33. The second-order valence-electron chi connectivity index (χ2n) is 4.33. The summed E-state index contributed by atoms with van der Waals surface area (Å²) in [6.45, 7) is 5.29. The van der Waals surface area contributed by atoms with Crippen molar-refractivity contribution in [2.24, 2.45) is 0 Å². The maximum atomic E-state index is 13.0. The molecule has 0 fully saturated rings. The van der Waals surface area contributed by atoms with Gasteiger partial charge >= 0.3 is 0 Å². The van der Waals surface area contributed by atoms with Crippen LogP contribution in [0.5, 0.6) is 0 Å². The molecule has 1 amide bonds. The fourth-order valence-electron chi connectivity index (χ4n) is 1.65. The van der Waals surface area contributed by atoms with Crippen molar-refractivity contribution in [3.05, 3.63) is 35.6 Å². The molecule has 0 heterocycles. The first kappa shape index (κ1) is 14.6. The molecule has 0 aliphatic carbocycles. The number of rotatable bonds is 7. The zero-order valence-electron chi connectivity index (χ0n) is 11.0. The molecule has 2 N–H and O–H groups in total. The number of nitrogens with one attached hydrogen (secondary N) is 2. The normalized spacial score (nSPS) is 12.2. The number of carbonyl (C=O) groups is 1. The average Bonchev–Trinajstić information content (AvgIpc) is 2.36. The van der Waals surface area contributed by atoms with Gasteiger partial charge in [-0.3, -0.25) is 4.79 Å². The predicted octanol–water partition coefficient (Wildman–Crippen LogP) is 2.39. The van der Waals surface area contributed by atoms with E-state index in [1.807, 2.05) is 19.9 Å². The summed E-state index contributed by atoms with van der Waals surface area (Å²) in [5, 5.41) is 6.02. The van der Waals surface area contributed by atoms with Gasteiger partial charge in [0.1, 0.15) is 5.82 Å². The van der Waals surface area contributed by atoms with Crippen LogP contribution in [0.3, 0.4) is 0 Å². The van der Waals surface area contributed by atoms with Gasteiger partial charge in [0.15, 0.2) is 0 Å². The van der Waals surface area contributed by atoms with Gasteiger partial charge in [-0.2, -0.15) is 0 Å². The molecule has 0 aromatic heterocycles. The van der Waals surface area contributed by atoms with E-state index in [9.17, 15) is 9.18 Å². The van der Waals surface area contributed by atoms with Crippen LogP contribution in [0.2, 0.25) is 0 Å². The lowest BCUT2D eigenvalue weighted by atomic mass is 10.1. The standard InChI is InChI=1S/C14H21FN2O/c1-3-8-17-14(18)7-9-16-11(2)12-5-4-6-13(15)10-12/h4-6,10-11,16H,3,7-9H2,1-2H3,(H,17,18). The summed E-state index contributed by atoms with van der Waals surface area (Å²) in [4.78, 5) is 11.4. The molecule has 0 saturated carbocycles. The van der Waals surface area contributed by atoms with Gasteiger partial charge in [0.05, 0.1) is 0 Å². The molecule has 3 nitrogen and oxygen atoms in total. The van der Waals surface area contributed by atoms with E-state index in [0.29, 0.717) is 13.0 Å². The molecule has 18 heavy (non-hydrogen) atoms. The molecular weight excluding hydrogens is 231 g/mol. The van der Waals surface area contributed by atoms with Crippen LogP contribution in [0.15, 0.2) is 24.3 Å². The van der Waals surface area contributed by atoms with Crippen LogP contribution in [0.25, 0.3) is 0 Å². The van der Waals surface area contributed by atoms with Crippen LogP contribution in [0, 0.1) is 5.82 Å². The van der Waals surface area contributed by atoms with Gasteiger partial charge in [0.25, 0.3) is 0 Å². The lowest BCUT2D eigenvalue weighted by Crippen LogP contribution is -2.29. The minimum atomic E-state index is -0.234. The highest BCUT2D eigenvalue weighted by Gasteiger charge is 2.06. The van der Waals surface area contributed by atoms with Crippen LogP contribution in [0.4, 0.5) is 4.39 Å². The van der Waals surface area contributed by atoms with Gasteiger partial charge in [0, 0.05) is 25.6 Å². The molecule has 1 aromatic carbocycles. The molecule has 1 rings (SSSR count). The summed E-state index contributed by atoms with van der Waals surface area (Å²) in [6.07, 6.45) is 1.39. The zero-order chi connectivity index (χ0) is 13.4. The summed E-state index contributed by atoms with van der Waals surface area (Å²) in [5.41, 5.74) is 0.893. The molecule has 0 aliphatic heterocycles. The number of hydrogen-bond donors (Lipinski definition) is 2. The van der Waals surface area contributed by atoms with Crippen LogP contribution < -0.4 is 10.6 Å². The Labute approximate surface area is 108 Å². The number of benzene rings is 1. The molecule has 1 unspecified atom stereocenters. The first-order valence-corrected chi connectivity index (χ1v) is 6.39. The number of halogens is 1. The van der Waals surface area contributed by atoms with Crippen LogP contribution in [-0.4, -0.2) is 19.0 Å². The Morgan fingerprint density at radius 3 is 2.83 bits per heavy atom. The molecule has 1 atom stereocenters. The van der Waals surface area contributed by atoms with Gasteiger partial charge in [-0.25, -0.2) is 4.39 Å². The summed E-state index contributed by atoms with van der Waals surface area (Å²) in [6, 6.07) is 6.54.